The van der Waals surface area contributed by atoms with Gasteiger partial charge in [0, 0.05) is 32.7 Å². The summed E-state index contributed by atoms with van der Waals surface area (Å²) in [5, 5.41) is 13.2. The maximum Gasteiger partial charge on any atom is 0.178 e. The zero-order chi connectivity index (χ0) is 25.6. The van der Waals surface area contributed by atoms with Gasteiger partial charge in [0.25, 0.3) is 0 Å². The van der Waals surface area contributed by atoms with Gasteiger partial charge in [-0.3, -0.25) is 9.80 Å². The van der Waals surface area contributed by atoms with Gasteiger partial charge in [0.1, 0.15) is 5.75 Å². The van der Waals surface area contributed by atoms with Crippen molar-refractivity contribution in [2.45, 2.75) is 19.9 Å². The molecule has 0 saturated carbocycles. The fourth-order valence-electron chi connectivity index (χ4n) is 5.10. The van der Waals surface area contributed by atoms with Gasteiger partial charge in [0.15, 0.2) is 5.82 Å². The second-order valence-electron chi connectivity index (χ2n) is 9.52. The number of ether oxygens (including phenoxy) is 1. The van der Waals surface area contributed by atoms with Crippen LogP contribution in [0.15, 0.2) is 78.9 Å². The molecule has 5 rings (SSSR count). The summed E-state index contributed by atoms with van der Waals surface area (Å²) in [5.74, 6) is 1.65. The summed E-state index contributed by atoms with van der Waals surface area (Å²) in [7, 11) is 1.70. The lowest BCUT2D eigenvalue weighted by Gasteiger charge is -2.38. The molecule has 0 amide bonds. The molecule has 3 aromatic carbocycles. The third-order valence-corrected chi connectivity index (χ3v) is 7.04. The molecule has 1 aliphatic heterocycles. The topological polar surface area (TPSA) is 59.3 Å². The van der Waals surface area contributed by atoms with Crippen LogP contribution in [0.1, 0.15) is 34.1 Å². The van der Waals surface area contributed by atoms with E-state index in [0.717, 1.165) is 66.7 Å². The van der Waals surface area contributed by atoms with Gasteiger partial charge < -0.3 is 4.74 Å². The van der Waals surface area contributed by atoms with Crippen LogP contribution >= 0.6 is 0 Å². The lowest BCUT2D eigenvalue weighted by molar-refractivity contribution is 0.113. The Labute approximate surface area is 219 Å². The van der Waals surface area contributed by atoms with Gasteiger partial charge in [-0.15, -0.1) is 5.10 Å². The fourth-order valence-corrected chi connectivity index (χ4v) is 5.10. The number of aromatic nitrogens is 4. The van der Waals surface area contributed by atoms with E-state index < -0.39 is 0 Å². The van der Waals surface area contributed by atoms with Crippen LogP contribution in [0.5, 0.6) is 5.75 Å². The van der Waals surface area contributed by atoms with E-state index in [2.05, 4.69) is 106 Å². The zero-order valence-electron chi connectivity index (χ0n) is 21.8. The van der Waals surface area contributed by atoms with Crippen molar-refractivity contribution < 1.29 is 4.74 Å². The highest BCUT2D eigenvalue weighted by Gasteiger charge is 2.31. The van der Waals surface area contributed by atoms with E-state index in [1.54, 1.807) is 7.11 Å². The van der Waals surface area contributed by atoms with E-state index in [4.69, 9.17) is 4.74 Å². The summed E-state index contributed by atoms with van der Waals surface area (Å²) >= 11 is 0. The first kappa shape index (κ1) is 24.9. The minimum Gasteiger partial charge on any atom is -0.497 e. The second-order valence-corrected chi connectivity index (χ2v) is 9.52. The molecule has 1 atom stereocenters. The van der Waals surface area contributed by atoms with Crippen molar-refractivity contribution >= 4 is 6.08 Å². The van der Waals surface area contributed by atoms with Crippen molar-refractivity contribution in [3.05, 3.63) is 107 Å². The second kappa shape index (κ2) is 11.5. The van der Waals surface area contributed by atoms with Crippen molar-refractivity contribution in [2.75, 3.05) is 39.8 Å². The molecule has 0 bridgehead atoms. The molecule has 190 valence electrons. The molecular weight excluding hydrogens is 460 g/mol. The molecule has 0 N–H and O–H groups in total. The molecule has 0 unspecified atom stereocenters. The van der Waals surface area contributed by atoms with Crippen LogP contribution in [0.3, 0.4) is 0 Å². The Morgan fingerprint density at radius 1 is 0.892 bits per heavy atom. The largest absolute Gasteiger partial charge is 0.497 e. The summed E-state index contributed by atoms with van der Waals surface area (Å²) in [5.41, 5.74) is 5.69. The molecular formula is C30H34N6O. The van der Waals surface area contributed by atoms with Crippen molar-refractivity contribution in [3.63, 3.8) is 0 Å². The number of benzene rings is 3. The highest BCUT2D eigenvalue weighted by atomic mass is 16.5. The normalized spacial score (nSPS) is 15.8. The number of hydrogen-bond donors (Lipinski definition) is 0. The minimum atomic E-state index is -0.0916. The van der Waals surface area contributed by atoms with Crippen molar-refractivity contribution in [1.82, 2.24) is 30.0 Å². The maximum absolute atomic E-state index is 5.57. The van der Waals surface area contributed by atoms with E-state index >= 15 is 0 Å². The Hall–Kier alpha value is -3.81. The van der Waals surface area contributed by atoms with Crippen molar-refractivity contribution in [3.8, 4) is 11.4 Å². The van der Waals surface area contributed by atoms with Crippen molar-refractivity contribution in [1.29, 1.82) is 0 Å². The van der Waals surface area contributed by atoms with Gasteiger partial charge in [-0.25, -0.2) is 0 Å². The van der Waals surface area contributed by atoms with E-state index in [1.807, 2.05) is 22.9 Å². The van der Waals surface area contributed by atoms with E-state index in [0.29, 0.717) is 0 Å². The fraction of sp³-hybridized carbons (Fsp3) is 0.300. The number of hydrogen-bond acceptors (Lipinski definition) is 6. The molecule has 37 heavy (non-hydrogen) atoms. The van der Waals surface area contributed by atoms with Gasteiger partial charge in [-0.2, -0.15) is 4.68 Å². The Balaban J connectivity index is 1.41. The molecule has 4 aromatic rings. The average Bonchev–Trinajstić information content (AvgIpc) is 3.39. The zero-order valence-corrected chi connectivity index (χ0v) is 21.8. The van der Waals surface area contributed by atoms with Crippen molar-refractivity contribution in [2.24, 2.45) is 0 Å². The number of nitrogens with zero attached hydrogens (tertiary/aromatic N) is 6. The third-order valence-electron chi connectivity index (χ3n) is 7.04. The quantitative estimate of drug-likeness (QED) is 0.354. The Bertz CT molecular complexity index is 1320. The molecule has 1 aliphatic rings. The molecule has 1 saturated heterocycles. The molecule has 2 heterocycles. The number of para-hydroxylation sites is 1. The summed E-state index contributed by atoms with van der Waals surface area (Å²) in [6.45, 7) is 8.94. The SMILES string of the molecule is COc1cccc([C@H](c2nnnn2-c2c(C)cccc2C)N2CCN(C/C=C/c3ccccc3)CC2)c1. The predicted octanol–water partition coefficient (Wildman–Crippen LogP) is 4.71. The number of rotatable bonds is 8. The maximum atomic E-state index is 5.57. The van der Waals surface area contributed by atoms with Crippen LogP contribution in [0.2, 0.25) is 0 Å². The van der Waals surface area contributed by atoms with Gasteiger partial charge in [0.05, 0.1) is 18.8 Å². The number of methoxy groups -OCH3 is 1. The highest BCUT2D eigenvalue weighted by molar-refractivity contribution is 5.49. The van der Waals surface area contributed by atoms with Gasteiger partial charge in [0.2, 0.25) is 0 Å². The van der Waals surface area contributed by atoms with Crippen LogP contribution in [0.25, 0.3) is 11.8 Å². The van der Waals surface area contributed by atoms with E-state index in [-0.39, 0.29) is 6.04 Å². The smallest absolute Gasteiger partial charge is 0.178 e. The first-order valence-corrected chi connectivity index (χ1v) is 12.8. The Morgan fingerprint density at radius 2 is 1.62 bits per heavy atom. The molecule has 1 aromatic heterocycles. The molecule has 1 fully saturated rings. The Kier molecular flexibility index (Phi) is 7.73. The summed E-state index contributed by atoms with van der Waals surface area (Å²) in [4.78, 5) is 4.98. The molecule has 7 nitrogen and oxygen atoms in total. The van der Waals surface area contributed by atoms with Crippen LogP contribution in [-0.2, 0) is 0 Å². The summed E-state index contributed by atoms with van der Waals surface area (Å²) in [6.07, 6.45) is 4.45. The number of piperazine rings is 1. The minimum absolute atomic E-state index is 0.0916. The monoisotopic (exact) mass is 494 g/mol. The first-order chi connectivity index (χ1) is 18.1. The van der Waals surface area contributed by atoms with Crippen LogP contribution in [0, 0.1) is 13.8 Å². The van der Waals surface area contributed by atoms with Crippen LogP contribution < -0.4 is 4.74 Å². The highest BCUT2D eigenvalue weighted by Crippen LogP contribution is 2.32. The lowest BCUT2D eigenvalue weighted by Crippen LogP contribution is -2.48. The number of aryl methyl sites for hydroxylation is 2. The number of tetrazole rings is 1. The predicted molar refractivity (Wildman–Crippen MR) is 147 cm³/mol. The van der Waals surface area contributed by atoms with Gasteiger partial charge in [-0.05, 0) is 58.7 Å². The van der Waals surface area contributed by atoms with E-state index in [9.17, 15) is 0 Å². The standard InChI is InChI=1S/C30H34N6O/c1-23-10-7-11-24(2)28(23)36-30(31-32-33-36)29(26-15-8-16-27(22-26)37-3)35-20-18-34(19-21-35)17-9-14-25-12-5-4-6-13-25/h4-16,22,29H,17-21H2,1-3H3/b14-9+/t29-/m1/s1. The molecule has 0 spiro atoms. The molecule has 7 heteroatoms. The lowest BCUT2D eigenvalue weighted by atomic mass is 10.0. The third kappa shape index (κ3) is 5.63. The Morgan fingerprint density at radius 3 is 2.35 bits per heavy atom. The van der Waals surface area contributed by atoms with Crippen LogP contribution in [-0.4, -0.2) is 69.8 Å². The average molecular weight is 495 g/mol. The summed E-state index contributed by atoms with van der Waals surface area (Å²) in [6, 6.07) is 24.9. The first-order valence-electron chi connectivity index (χ1n) is 12.8. The van der Waals surface area contributed by atoms with E-state index in [1.165, 1.54) is 5.56 Å². The summed E-state index contributed by atoms with van der Waals surface area (Å²) < 4.78 is 7.49. The van der Waals surface area contributed by atoms with Gasteiger partial charge >= 0.3 is 0 Å². The molecule has 0 aliphatic carbocycles. The molecule has 0 radical (unpaired) electrons. The van der Waals surface area contributed by atoms with Gasteiger partial charge in [-0.1, -0.05) is 72.8 Å². The van der Waals surface area contributed by atoms with Crippen LogP contribution in [0.4, 0.5) is 0 Å².